The van der Waals surface area contributed by atoms with Crippen molar-refractivity contribution < 1.29 is 27.5 Å². The van der Waals surface area contributed by atoms with Crippen molar-refractivity contribution in [2.75, 3.05) is 19.8 Å². The number of hydrogen-bond donors (Lipinski definition) is 0. The number of ether oxygens (including phenoxy) is 2. The Labute approximate surface area is 216 Å². The van der Waals surface area contributed by atoms with Crippen molar-refractivity contribution in [3.63, 3.8) is 0 Å². The second kappa shape index (κ2) is 13.9. The number of alkyl halides is 3. The summed E-state index contributed by atoms with van der Waals surface area (Å²) in [5.41, 5.74) is -0.792. The average molecular weight is 559 g/mol. The largest absolute Gasteiger partial charge is 0.490 e. The van der Waals surface area contributed by atoms with Crippen LogP contribution in [0.25, 0.3) is 0 Å². The van der Waals surface area contributed by atoms with Gasteiger partial charge >= 0.3 is 6.18 Å². The van der Waals surface area contributed by atoms with Gasteiger partial charge in [0.2, 0.25) is 0 Å². The first-order valence-electron chi connectivity index (χ1n) is 10.2. The Morgan fingerprint density at radius 1 is 1.03 bits per heavy atom. The van der Waals surface area contributed by atoms with Crippen LogP contribution in [0.3, 0.4) is 0 Å². The first-order valence-corrected chi connectivity index (χ1v) is 11.8. The van der Waals surface area contributed by atoms with Crippen molar-refractivity contribution >= 4 is 52.1 Å². The summed E-state index contributed by atoms with van der Waals surface area (Å²) in [4.78, 5) is 4.90. The van der Waals surface area contributed by atoms with Gasteiger partial charge in [-0.2, -0.15) is 13.2 Å². The van der Waals surface area contributed by atoms with Gasteiger partial charge in [0.05, 0.1) is 16.7 Å². The van der Waals surface area contributed by atoms with Gasteiger partial charge in [-0.25, -0.2) is 0 Å². The third-order valence-corrected chi connectivity index (χ3v) is 5.23. The van der Waals surface area contributed by atoms with E-state index >= 15 is 0 Å². The minimum absolute atomic E-state index is 0.0169. The molecule has 0 fully saturated rings. The highest BCUT2D eigenvalue weighted by Crippen LogP contribution is 2.37. The zero-order valence-corrected chi connectivity index (χ0v) is 21.1. The number of oxime groups is 1. The molecule has 0 N–H and O–H groups in total. The fraction of sp³-hybridized carbons (Fsp3) is 0.348. The molecule has 0 radical (unpaired) electrons. The van der Waals surface area contributed by atoms with E-state index in [9.17, 15) is 13.2 Å². The molecule has 0 amide bonds. The topological polar surface area (TPSA) is 40.0 Å². The van der Waals surface area contributed by atoms with E-state index in [-0.39, 0.29) is 52.1 Å². The lowest BCUT2D eigenvalue weighted by Crippen LogP contribution is -2.26. The Balaban J connectivity index is 2.13. The summed E-state index contributed by atoms with van der Waals surface area (Å²) >= 11 is 23.5. The number of benzene rings is 2. The molecule has 0 aliphatic heterocycles. The van der Waals surface area contributed by atoms with Gasteiger partial charge in [0.15, 0.2) is 11.5 Å². The molecule has 2 rings (SSSR count). The molecule has 0 bridgehead atoms. The molecule has 34 heavy (non-hydrogen) atoms. The van der Waals surface area contributed by atoms with Crippen molar-refractivity contribution in [3.05, 3.63) is 68.1 Å². The Kier molecular flexibility index (Phi) is 11.6. The van der Waals surface area contributed by atoms with Gasteiger partial charge < -0.3 is 14.3 Å². The van der Waals surface area contributed by atoms with E-state index in [1.54, 1.807) is 12.1 Å². The van der Waals surface area contributed by atoms with Crippen molar-refractivity contribution in [3.8, 4) is 11.5 Å². The molecule has 0 aromatic heterocycles. The fourth-order valence-electron chi connectivity index (χ4n) is 2.76. The van der Waals surface area contributed by atoms with E-state index in [1.165, 1.54) is 30.3 Å². The molecular formula is C23H22Cl4F3NO3. The molecule has 2 aromatic carbocycles. The van der Waals surface area contributed by atoms with Crippen molar-refractivity contribution in [1.82, 2.24) is 0 Å². The number of rotatable bonds is 12. The smallest absolute Gasteiger partial charge is 0.437 e. The van der Waals surface area contributed by atoms with E-state index in [0.717, 1.165) is 6.42 Å². The Morgan fingerprint density at radius 2 is 1.71 bits per heavy atom. The van der Waals surface area contributed by atoms with Crippen LogP contribution in [0.15, 0.2) is 52.1 Å². The highest BCUT2D eigenvalue weighted by molar-refractivity contribution is 6.55. The minimum Gasteiger partial charge on any atom is -0.490 e. The molecular weight excluding hydrogens is 537 g/mol. The number of halogens is 7. The van der Waals surface area contributed by atoms with Crippen LogP contribution in [-0.2, 0) is 11.3 Å². The van der Waals surface area contributed by atoms with Gasteiger partial charge in [0, 0.05) is 24.1 Å². The fourth-order valence-corrected chi connectivity index (χ4v) is 3.47. The van der Waals surface area contributed by atoms with Gasteiger partial charge in [0.25, 0.3) is 0 Å². The van der Waals surface area contributed by atoms with E-state index in [4.69, 9.17) is 60.7 Å². The summed E-state index contributed by atoms with van der Waals surface area (Å²) in [6.45, 7) is 2.13. The molecule has 0 aliphatic carbocycles. The standard InChI is InChI=1S/C23H22Cl4F3NO3/c1-2-3-10-34-31-22(23(28,29)30)17-7-5-4-6-15(17)8-11-33-21-18(24)13-16(14-19(21)25)32-12-9-20(26)27/h4-7,9,13-14H,2-3,8,10-12H2,1H3/b31-22-. The third-order valence-electron chi connectivity index (χ3n) is 4.36. The SMILES string of the molecule is CCCCO/N=C(/c1ccccc1CCOc1c(Cl)cc(OCC=C(Cl)Cl)cc1Cl)C(F)(F)F. The Hall–Kier alpha value is -1.80. The summed E-state index contributed by atoms with van der Waals surface area (Å²) in [6.07, 6.45) is -1.72. The van der Waals surface area contributed by atoms with Gasteiger partial charge in [-0.05, 0) is 18.1 Å². The lowest BCUT2D eigenvalue weighted by atomic mass is 10.0. The predicted octanol–water partition coefficient (Wildman–Crippen LogP) is 8.40. The maximum Gasteiger partial charge on any atom is 0.437 e. The van der Waals surface area contributed by atoms with Crippen molar-refractivity contribution in [2.24, 2.45) is 5.16 Å². The van der Waals surface area contributed by atoms with E-state index < -0.39 is 11.9 Å². The molecule has 0 unspecified atom stereocenters. The van der Waals surface area contributed by atoms with Crippen molar-refractivity contribution in [2.45, 2.75) is 32.4 Å². The molecule has 11 heteroatoms. The minimum atomic E-state index is -4.69. The second-order valence-corrected chi connectivity index (χ2v) is 8.72. The van der Waals surface area contributed by atoms with Gasteiger partial charge in [-0.3, -0.25) is 0 Å². The van der Waals surface area contributed by atoms with Crippen LogP contribution in [0.1, 0.15) is 30.9 Å². The highest BCUT2D eigenvalue weighted by Gasteiger charge is 2.38. The second-order valence-electron chi connectivity index (χ2n) is 6.90. The third kappa shape index (κ3) is 9.10. The molecule has 0 saturated carbocycles. The summed E-state index contributed by atoms with van der Waals surface area (Å²) in [5, 5.41) is 3.74. The molecule has 4 nitrogen and oxygen atoms in total. The number of unbranched alkanes of at least 4 members (excludes halogenated alkanes) is 1. The van der Waals surface area contributed by atoms with Crippen LogP contribution >= 0.6 is 46.4 Å². The van der Waals surface area contributed by atoms with Crippen LogP contribution in [0.2, 0.25) is 10.0 Å². The van der Waals surface area contributed by atoms with Crippen LogP contribution in [0, 0.1) is 0 Å². The zero-order chi connectivity index (χ0) is 25.1. The van der Waals surface area contributed by atoms with Crippen LogP contribution in [-0.4, -0.2) is 31.7 Å². The summed E-state index contributed by atoms with van der Waals surface area (Å²) < 4.78 is 52.1. The molecule has 0 atom stereocenters. The quantitative estimate of drug-likeness (QED) is 0.149. The van der Waals surface area contributed by atoms with Gasteiger partial charge in [-0.1, -0.05) is 89.2 Å². The Morgan fingerprint density at radius 3 is 2.32 bits per heavy atom. The summed E-state index contributed by atoms with van der Waals surface area (Å²) in [7, 11) is 0. The normalized spacial score (nSPS) is 11.8. The first-order chi connectivity index (χ1) is 16.1. The zero-order valence-electron chi connectivity index (χ0n) is 18.1. The van der Waals surface area contributed by atoms with E-state index in [2.05, 4.69) is 5.16 Å². The lowest BCUT2D eigenvalue weighted by Gasteiger charge is -2.16. The molecule has 0 aliphatic rings. The van der Waals surface area contributed by atoms with E-state index in [0.29, 0.717) is 17.7 Å². The van der Waals surface area contributed by atoms with Crippen LogP contribution < -0.4 is 9.47 Å². The van der Waals surface area contributed by atoms with Crippen LogP contribution in [0.4, 0.5) is 13.2 Å². The average Bonchev–Trinajstić information content (AvgIpc) is 2.75. The Bertz CT molecular complexity index is 986. The monoisotopic (exact) mass is 557 g/mol. The molecule has 2 aromatic rings. The van der Waals surface area contributed by atoms with Gasteiger partial charge in [0.1, 0.15) is 23.5 Å². The molecule has 0 saturated heterocycles. The molecule has 0 heterocycles. The number of nitrogens with zero attached hydrogens (tertiary/aromatic N) is 1. The maximum absolute atomic E-state index is 13.7. The summed E-state index contributed by atoms with van der Waals surface area (Å²) in [6, 6.07) is 9.05. The van der Waals surface area contributed by atoms with Gasteiger partial charge in [-0.15, -0.1) is 0 Å². The number of hydrogen-bond acceptors (Lipinski definition) is 4. The molecule has 186 valence electrons. The van der Waals surface area contributed by atoms with Crippen molar-refractivity contribution in [1.29, 1.82) is 0 Å². The maximum atomic E-state index is 13.7. The summed E-state index contributed by atoms with van der Waals surface area (Å²) in [5.74, 6) is 0.555. The van der Waals surface area contributed by atoms with Crippen LogP contribution in [0.5, 0.6) is 11.5 Å². The predicted molar refractivity (Wildman–Crippen MR) is 131 cm³/mol. The van der Waals surface area contributed by atoms with E-state index in [1.807, 2.05) is 6.92 Å². The molecule has 0 spiro atoms. The first kappa shape index (κ1) is 28.4. The lowest BCUT2D eigenvalue weighted by molar-refractivity contribution is -0.0615. The highest BCUT2D eigenvalue weighted by atomic mass is 35.5.